The zero-order chi connectivity index (χ0) is 18.2. The molecule has 2 heterocycles. The second kappa shape index (κ2) is 6.79. The number of aromatic nitrogens is 1. The Morgan fingerprint density at radius 1 is 1.40 bits per heavy atom. The maximum atomic E-state index is 11.9. The average molecular weight is 359 g/mol. The lowest BCUT2D eigenvalue weighted by atomic mass is 9.82. The normalized spacial score (nSPS) is 15.4. The van der Waals surface area contributed by atoms with Gasteiger partial charge in [-0.25, -0.2) is 4.98 Å². The molecule has 4 nitrogen and oxygen atoms in total. The second-order valence-electron chi connectivity index (χ2n) is 7.88. The number of hydrogen-bond acceptors (Lipinski definition) is 4. The summed E-state index contributed by atoms with van der Waals surface area (Å²) in [6.07, 6.45) is 2.58. The summed E-state index contributed by atoms with van der Waals surface area (Å²) < 4.78 is 5.69. The summed E-state index contributed by atoms with van der Waals surface area (Å²) in [7, 11) is 0. The van der Waals surface area contributed by atoms with Crippen LogP contribution in [0.2, 0.25) is 0 Å². The van der Waals surface area contributed by atoms with Crippen LogP contribution in [0, 0.1) is 12.3 Å². The lowest BCUT2D eigenvalue weighted by Gasteiger charge is -2.23. The Bertz CT molecular complexity index is 789. The van der Waals surface area contributed by atoms with Gasteiger partial charge in [-0.15, -0.1) is 11.3 Å². The highest BCUT2D eigenvalue weighted by atomic mass is 32.1. The lowest BCUT2D eigenvalue weighted by molar-refractivity contribution is -0.139. The fraction of sp³-hybridized carbons (Fsp3) is 0.500. The van der Waals surface area contributed by atoms with E-state index in [0.29, 0.717) is 12.1 Å². The van der Waals surface area contributed by atoms with Crippen LogP contribution in [0.3, 0.4) is 0 Å². The van der Waals surface area contributed by atoms with Gasteiger partial charge in [-0.3, -0.25) is 4.79 Å². The molecule has 25 heavy (non-hydrogen) atoms. The first-order chi connectivity index (χ1) is 11.7. The van der Waals surface area contributed by atoms with Crippen LogP contribution in [0.4, 0.5) is 0 Å². The number of carboxylic acids is 1. The predicted molar refractivity (Wildman–Crippen MR) is 101 cm³/mol. The van der Waals surface area contributed by atoms with Crippen LogP contribution in [0.15, 0.2) is 18.2 Å². The largest absolute Gasteiger partial charge is 0.493 e. The van der Waals surface area contributed by atoms with Gasteiger partial charge in [-0.05, 0) is 60.9 Å². The minimum atomic E-state index is -0.803. The van der Waals surface area contributed by atoms with Gasteiger partial charge in [-0.2, -0.15) is 0 Å². The number of hydrogen-bond donors (Lipinski definition) is 1. The highest BCUT2D eigenvalue weighted by Gasteiger charge is 2.31. The number of ether oxygens (including phenoxy) is 1. The molecule has 1 aromatic heterocycles. The first-order valence-corrected chi connectivity index (χ1v) is 9.52. The smallest absolute Gasteiger partial charge is 0.312 e. The third-order valence-corrected chi connectivity index (χ3v) is 5.41. The van der Waals surface area contributed by atoms with Crippen LogP contribution < -0.4 is 4.74 Å². The van der Waals surface area contributed by atoms with E-state index in [-0.39, 0.29) is 5.41 Å². The molecule has 5 heteroatoms. The summed E-state index contributed by atoms with van der Waals surface area (Å²) in [5, 5.41) is 10.7. The van der Waals surface area contributed by atoms with Crippen LogP contribution in [0.1, 0.15) is 55.8 Å². The van der Waals surface area contributed by atoms with Crippen molar-refractivity contribution in [3.8, 4) is 16.2 Å². The summed E-state index contributed by atoms with van der Waals surface area (Å²) >= 11 is 1.57. The molecule has 3 rings (SSSR count). The van der Waals surface area contributed by atoms with E-state index in [1.165, 1.54) is 5.56 Å². The van der Waals surface area contributed by atoms with Gasteiger partial charge in [0.25, 0.3) is 0 Å². The third-order valence-electron chi connectivity index (χ3n) is 4.38. The Hall–Kier alpha value is -1.88. The highest BCUT2D eigenvalue weighted by molar-refractivity contribution is 7.15. The topological polar surface area (TPSA) is 59.4 Å². The number of benzene rings is 1. The van der Waals surface area contributed by atoms with Crippen molar-refractivity contribution in [3.05, 3.63) is 34.5 Å². The number of carboxylic acid groups (broad SMARTS) is 1. The molecule has 0 bridgehead atoms. The van der Waals surface area contributed by atoms with Gasteiger partial charge in [0.15, 0.2) is 0 Å². The SMILES string of the molecule is Cc1nc(C(CC(C)(C)C)C(=O)O)c(-c2ccc3c(c2)CCCO3)s1. The van der Waals surface area contributed by atoms with E-state index in [0.717, 1.165) is 40.6 Å². The molecule has 0 radical (unpaired) electrons. The standard InChI is InChI=1S/C20H25NO3S/c1-12-21-17(15(19(22)23)11-20(2,3)4)18(25-12)14-7-8-16-13(10-14)6-5-9-24-16/h7-8,10,15H,5-6,9,11H2,1-4H3,(H,22,23). The fourth-order valence-corrected chi connectivity index (χ4v) is 4.28. The van der Waals surface area contributed by atoms with Crippen molar-refractivity contribution in [3.63, 3.8) is 0 Å². The molecule has 2 aromatic rings. The van der Waals surface area contributed by atoms with Crippen molar-refractivity contribution in [2.75, 3.05) is 6.61 Å². The van der Waals surface area contributed by atoms with Crippen LogP contribution >= 0.6 is 11.3 Å². The van der Waals surface area contributed by atoms with Crippen molar-refractivity contribution in [1.29, 1.82) is 0 Å². The number of aliphatic carboxylic acids is 1. The number of aryl methyl sites for hydroxylation is 2. The number of carbonyl (C=O) groups is 1. The molecule has 1 aromatic carbocycles. The monoisotopic (exact) mass is 359 g/mol. The van der Waals surface area contributed by atoms with Gasteiger partial charge in [-0.1, -0.05) is 20.8 Å². The maximum absolute atomic E-state index is 11.9. The Balaban J connectivity index is 2.04. The number of fused-ring (bicyclic) bond motifs is 1. The number of thiazole rings is 1. The van der Waals surface area contributed by atoms with E-state index in [1.54, 1.807) is 11.3 Å². The summed E-state index contributed by atoms with van der Waals surface area (Å²) in [4.78, 5) is 17.5. The molecule has 1 aliphatic heterocycles. The molecular formula is C20H25NO3S. The van der Waals surface area contributed by atoms with Gasteiger partial charge >= 0.3 is 5.97 Å². The van der Waals surface area contributed by atoms with Crippen LogP contribution in [-0.4, -0.2) is 22.7 Å². The number of rotatable bonds is 4. The minimum Gasteiger partial charge on any atom is -0.493 e. The van der Waals surface area contributed by atoms with Crippen molar-refractivity contribution < 1.29 is 14.6 Å². The summed E-state index contributed by atoms with van der Waals surface area (Å²) in [5.41, 5.74) is 2.86. The average Bonchev–Trinajstić information content (AvgIpc) is 2.92. The van der Waals surface area contributed by atoms with E-state index in [1.807, 2.05) is 19.1 Å². The van der Waals surface area contributed by atoms with Gasteiger partial charge in [0.2, 0.25) is 0 Å². The van der Waals surface area contributed by atoms with E-state index in [2.05, 4.69) is 31.8 Å². The van der Waals surface area contributed by atoms with Gasteiger partial charge in [0.05, 0.1) is 22.2 Å². The Morgan fingerprint density at radius 3 is 2.84 bits per heavy atom. The summed E-state index contributed by atoms with van der Waals surface area (Å²) in [6, 6.07) is 6.17. The first kappa shape index (κ1) is 17.9. The first-order valence-electron chi connectivity index (χ1n) is 8.71. The molecule has 1 aliphatic rings. The minimum absolute atomic E-state index is 0.0818. The molecule has 134 valence electrons. The zero-order valence-electron chi connectivity index (χ0n) is 15.3. The van der Waals surface area contributed by atoms with E-state index in [4.69, 9.17) is 4.74 Å². The molecule has 0 fully saturated rings. The van der Waals surface area contributed by atoms with Crippen LogP contribution in [0.5, 0.6) is 5.75 Å². The fourth-order valence-electron chi connectivity index (χ4n) is 3.30. The third kappa shape index (κ3) is 4.03. The lowest BCUT2D eigenvalue weighted by Crippen LogP contribution is -2.20. The van der Waals surface area contributed by atoms with Crippen molar-refractivity contribution in [2.24, 2.45) is 5.41 Å². The molecule has 1 N–H and O–H groups in total. The Kier molecular flexibility index (Phi) is 4.87. The molecule has 0 aliphatic carbocycles. The van der Waals surface area contributed by atoms with Crippen molar-refractivity contribution in [2.45, 2.75) is 52.9 Å². The van der Waals surface area contributed by atoms with Crippen molar-refractivity contribution in [1.82, 2.24) is 4.98 Å². The maximum Gasteiger partial charge on any atom is 0.312 e. The van der Waals surface area contributed by atoms with E-state index in [9.17, 15) is 9.90 Å². The predicted octanol–water partition coefficient (Wildman–Crippen LogP) is 5.05. The molecule has 0 saturated carbocycles. The molecule has 0 amide bonds. The number of nitrogens with zero attached hydrogens (tertiary/aromatic N) is 1. The van der Waals surface area contributed by atoms with Gasteiger partial charge < -0.3 is 9.84 Å². The van der Waals surface area contributed by atoms with Crippen LogP contribution in [0.25, 0.3) is 10.4 Å². The van der Waals surface area contributed by atoms with Crippen LogP contribution in [-0.2, 0) is 11.2 Å². The van der Waals surface area contributed by atoms with Gasteiger partial charge in [0.1, 0.15) is 11.7 Å². The molecule has 0 saturated heterocycles. The molecule has 1 atom stereocenters. The summed E-state index contributed by atoms with van der Waals surface area (Å²) in [6.45, 7) is 8.91. The second-order valence-corrected chi connectivity index (χ2v) is 9.08. The Labute approximate surface area is 152 Å². The Morgan fingerprint density at radius 2 is 2.16 bits per heavy atom. The zero-order valence-corrected chi connectivity index (χ0v) is 16.1. The van der Waals surface area contributed by atoms with E-state index >= 15 is 0 Å². The molecular weight excluding hydrogens is 334 g/mol. The highest BCUT2D eigenvalue weighted by Crippen LogP contribution is 2.41. The molecule has 1 unspecified atom stereocenters. The van der Waals surface area contributed by atoms with Crippen molar-refractivity contribution >= 4 is 17.3 Å². The summed E-state index contributed by atoms with van der Waals surface area (Å²) in [5.74, 6) is -0.447. The quantitative estimate of drug-likeness (QED) is 0.830. The van der Waals surface area contributed by atoms with E-state index < -0.39 is 11.9 Å². The molecule has 0 spiro atoms. The van der Waals surface area contributed by atoms with Gasteiger partial charge in [0, 0.05) is 0 Å².